The van der Waals surface area contributed by atoms with Gasteiger partial charge in [0.25, 0.3) is 0 Å². The maximum atomic E-state index is 5.76. The maximum absolute atomic E-state index is 5.76. The molecule has 2 heteroatoms. The molecule has 0 fully saturated rings. The van der Waals surface area contributed by atoms with E-state index in [-0.39, 0.29) is 0 Å². The summed E-state index contributed by atoms with van der Waals surface area (Å²) in [4.78, 5) is 0. The van der Waals surface area contributed by atoms with Gasteiger partial charge in [0.05, 0.1) is 0 Å². The normalized spacial score (nSPS) is 10.1. The summed E-state index contributed by atoms with van der Waals surface area (Å²) in [7, 11) is 0. The lowest BCUT2D eigenvalue weighted by Gasteiger charge is -2.10. The fourth-order valence-electron chi connectivity index (χ4n) is 1.49. The third-order valence-corrected chi connectivity index (χ3v) is 2.45. The Balaban J connectivity index is 2.54. The molecule has 0 heterocycles. The lowest BCUT2D eigenvalue weighted by Crippen LogP contribution is -2.14. The van der Waals surface area contributed by atoms with E-state index in [9.17, 15) is 0 Å². The topological polar surface area (TPSA) is 21.3 Å². The van der Waals surface area contributed by atoms with Crippen molar-refractivity contribution in [2.75, 3.05) is 13.2 Å². The largest absolute Gasteiger partial charge is 0.489 e. The van der Waals surface area contributed by atoms with Crippen LogP contribution < -0.4 is 10.1 Å². The highest BCUT2D eigenvalue weighted by Crippen LogP contribution is 2.17. The van der Waals surface area contributed by atoms with E-state index in [2.05, 4.69) is 44.3 Å². The minimum atomic E-state index is 0.646. The molecule has 1 aromatic carbocycles. The van der Waals surface area contributed by atoms with Crippen LogP contribution in [0.5, 0.6) is 5.75 Å². The summed E-state index contributed by atoms with van der Waals surface area (Å²) in [6.07, 6.45) is 3.25. The number of hydrogen-bond acceptors (Lipinski definition) is 2. The van der Waals surface area contributed by atoms with E-state index in [4.69, 9.17) is 4.74 Å². The molecule has 0 aliphatic heterocycles. The van der Waals surface area contributed by atoms with Crippen LogP contribution >= 0.6 is 0 Å². The van der Waals surface area contributed by atoms with Gasteiger partial charge in [-0.05, 0) is 39.0 Å². The fraction of sp³-hybridized carbons (Fsp3) is 0.467. The van der Waals surface area contributed by atoms with E-state index >= 15 is 0 Å². The van der Waals surface area contributed by atoms with E-state index in [0.717, 1.165) is 25.3 Å². The zero-order chi connectivity index (χ0) is 12.5. The average Bonchev–Trinajstić information content (AvgIpc) is 2.31. The molecule has 1 rings (SSSR count). The highest BCUT2D eigenvalue weighted by Gasteiger charge is 2.01. The Hall–Kier alpha value is -1.28. The third kappa shape index (κ3) is 5.55. The smallest absolute Gasteiger partial charge is 0.124 e. The molecule has 0 radical (unpaired) electrons. The lowest BCUT2D eigenvalue weighted by molar-refractivity contribution is 0.356. The molecule has 0 aromatic heterocycles. The molecule has 2 nitrogen and oxygen atoms in total. The molecule has 1 N–H and O–H groups in total. The molecule has 0 atom stereocenters. The van der Waals surface area contributed by atoms with E-state index in [1.165, 1.54) is 11.1 Å². The van der Waals surface area contributed by atoms with Gasteiger partial charge in [-0.1, -0.05) is 30.7 Å². The minimum absolute atomic E-state index is 0.646. The number of allylic oxidation sites excluding steroid dienone is 1. The van der Waals surface area contributed by atoms with Crippen LogP contribution in [-0.4, -0.2) is 13.2 Å². The van der Waals surface area contributed by atoms with Crippen molar-refractivity contribution in [3.63, 3.8) is 0 Å². The monoisotopic (exact) mass is 233 g/mol. The third-order valence-electron chi connectivity index (χ3n) is 2.45. The molecule has 0 amide bonds. The van der Waals surface area contributed by atoms with E-state index in [1.54, 1.807) is 0 Å². The summed E-state index contributed by atoms with van der Waals surface area (Å²) in [6, 6.07) is 8.21. The van der Waals surface area contributed by atoms with Gasteiger partial charge >= 0.3 is 0 Å². The lowest BCUT2D eigenvalue weighted by atomic mass is 10.2. The van der Waals surface area contributed by atoms with E-state index in [0.29, 0.717) is 6.61 Å². The molecule has 0 aliphatic carbocycles. The quantitative estimate of drug-likeness (QED) is 0.574. The van der Waals surface area contributed by atoms with Gasteiger partial charge in [0.15, 0.2) is 0 Å². The van der Waals surface area contributed by atoms with Gasteiger partial charge in [-0.2, -0.15) is 0 Å². The Kier molecular flexibility index (Phi) is 6.41. The van der Waals surface area contributed by atoms with Crippen molar-refractivity contribution in [1.82, 2.24) is 5.32 Å². The molecule has 1 aromatic rings. The van der Waals surface area contributed by atoms with Crippen molar-refractivity contribution in [3.8, 4) is 5.75 Å². The number of nitrogens with one attached hydrogen (secondary N) is 1. The Morgan fingerprint density at radius 3 is 2.76 bits per heavy atom. The average molecular weight is 233 g/mol. The molecule has 0 unspecified atom stereocenters. The second-order valence-corrected chi connectivity index (χ2v) is 4.38. The fourth-order valence-corrected chi connectivity index (χ4v) is 1.49. The molecule has 0 saturated heterocycles. The molecular weight excluding hydrogens is 210 g/mol. The van der Waals surface area contributed by atoms with Gasteiger partial charge in [-0.15, -0.1) is 0 Å². The summed E-state index contributed by atoms with van der Waals surface area (Å²) in [5.41, 5.74) is 2.51. The summed E-state index contributed by atoms with van der Waals surface area (Å²) in [5.74, 6) is 0.980. The zero-order valence-electron chi connectivity index (χ0n) is 11.1. The second-order valence-electron chi connectivity index (χ2n) is 4.38. The van der Waals surface area contributed by atoms with Crippen LogP contribution in [0.1, 0.15) is 32.8 Å². The Bertz CT molecular complexity index is 354. The molecule has 94 valence electrons. The molecule has 17 heavy (non-hydrogen) atoms. The summed E-state index contributed by atoms with van der Waals surface area (Å²) in [5, 5.41) is 3.40. The van der Waals surface area contributed by atoms with Gasteiger partial charge < -0.3 is 10.1 Å². The highest BCUT2D eigenvalue weighted by molar-refractivity contribution is 5.33. The van der Waals surface area contributed by atoms with Crippen LogP contribution in [0.3, 0.4) is 0 Å². The van der Waals surface area contributed by atoms with Crippen LogP contribution in [-0.2, 0) is 6.54 Å². The predicted molar refractivity (Wildman–Crippen MR) is 73.4 cm³/mol. The standard InChI is InChI=1S/C15H23NO/c1-4-10-16-12-14-7-5-6-8-15(14)17-11-9-13(2)3/h5-9,16H,4,10-12H2,1-3H3. The van der Waals surface area contributed by atoms with Crippen molar-refractivity contribution in [2.45, 2.75) is 33.7 Å². The van der Waals surface area contributed by atoms with Crippen LogP contribution in [0.2, 0.25) is 0 Å². The van der Waals surface area contributed by atoms with Crippen molar-refractivity contribution in [3.05, 3.63) is 41.5 Å². The first-order chi connectivity index (χ1) is 8.24. The number of para-hydroxylation sites is 1. The van der Waals surface area contributed by atoms with Gasteiger partial charge in [0.1, 0.15) is 12.4 Å². The van der Waals surface area contributed by atoms with Crippen molar-refractivity contribution in [2.24, 2.45) is 0 Å². The highest BCUT2D eigenvalue weighted by atomic mass is 16.5. The molecule has 0 saturated carbocycles. The number of hydrogen-bond donors (Lipinski definition) is 1. The van der Waals surface area contributed by atoms with Crippen LogP contribution in [0, 0.1) is 0 Å². The van der Waals surface area contributed by atoms with E-state index in [1.807, 2.05) is 12.1 Å². The van der Waals surface area contributed by atoms with Crippen LogP contribution in [0.15, 0.2) is 35.9 Å². The number of rotatable bonds is 7. The summed E-state index contributed by atoms with van der Waals surface area (Å²) in [6.45, 7) is 8.90. The Labute approximate surface area is 105 Å². The maximum Gasteiger partial charge on any atom is 0.124 e. The van der Waals surface area contributed by atoms with Gasteiger partial charge in [0.2, 0.25) is 0 Å². The van der Waals surface area contributed by atoms with Gasteiger partial charge in [-0.25, -0.2) is 0 Å². The summed E-state index contributed by atoms with van der Waals surface area (Å²) < 4.78 is 5.76. The van der Waals surface area contributed by atoms with Gasteiger partial charge in [0, 0.05) is 12.1 Å². The first-order valence-electron chi connectivity index (χ1n) is 6.28. The van der Waals surface area contributed by atoms with Crippen LogP contribution in [0.25, 0.3) is 0 Å². The number of ether oxygens (including phenoxy) is 1. The van der Waals surface area contributed by atoms with Crippen molar-refractivity contribution in [1.29, 1.82) is 0 Å². The molecule has 0 aliphatic rings. The second kappa shape index (κ2) is 7.91. The SMILES string of the molecule is CCCNCc1ccccc1OCC=C(C)C. The first-order valence-corrected chi connectivity index (χ1v) is 6.28. The molecule has 0 spiro atoms. The molecular formula is C15H23NO. The van der Waals surface area contributed by atoms with E-state index < -0.39 is 0 Å². The van der Waals surface area contributed by atoms with Crippen LogP contribution in [0.4, 0.5) is 0 Å². The Morgan fingerprint density at radius 1 is 1.29 bits per heavy atom. The van der Waals surface area contributed by atoms with Crippen molar-refractivity contribution >= 4 is 0 Å². The minimum Gasteiger partial charge on any atom is -0.489 e. The Morgan fingerprint density at radius 2 is 2.06 bits per heavy atom. The zero-order valence-corrected chi connectivity index (χ0v) is 11.1. The predicted octanol–water partition coefficient (Wildman–Crippen LogP) is 3.53. The summed E-state index contributed by atoms with van der Waals surface area (Å²) >= 11 is 0. The first kappa shape index (κ1) is 13.8. The van der Waals surface area contributed by atoms with Gasteiger partial charge in [-0.3, -0.25) is 0 Å². The van der Waals surface area contributed by atoms with Crippen molar-refractivity contribution < 1.29 is 4.74 Å². The molecule has 0 bridgehead atoms. The number of benzene rings is 1.